The maximum Gasteiger partial charge on any atom is 0.167 e. The van der Waals surface area contributed by atoms with E-state index in [1.54, 1.807) is 18.8 Å². The Kier molecular flexibility index (Phi) is 7.48. The zero-order valence-electron chi connectivity index (χ0n) is 23.1. The molecule has 1 fully saturated rings. The number of aliphatic hydroxyl groups is 2. The maximum absolute atomic E-state index is 11.1. The van der Waals surface area contributed by atoms with Crippen molar-refractivity contribution >= 4 is 17.0 Å². The van der Waals surface area contributed by atoms with E-state index in [9.17, 15) is 10.2 Å². The highest BCUT2D eigenvalue weighted by molar-refractivity contribution is 5.81. The number of anilines is 1. The van der Waals surface area contributed by atoms with E-state index in [0.29, 0.717) is 22.7 Å². The smallest absolute Gasteiger partial charge is 0.167 e. The van der Waals surface area contributed by atoms with Crippen LogP contribution in [0.15, 0.2) is 91.5 Å². The number of fused-ring (bicyclic) bond motifs is 1. The summed E-state index contributed by atoms with van der Waals surface area (Å²) >= 11 is 0. The van der Waals surface area contributed by atoms with Gasteiger partial charge in [-0.25, -0.2) is 15.0 Å². The number of imidazole rings is 1. The zero-order chi connectivity index (χ0) is 29.3. The molecular formula is C31H31N5O6. The number of ether oxygens (including phenoxy) is 4. The summed E-state index contributed by atoms with van der Waals surface area (Å²) in [7, 11) is 3.23. The average Bonchev–Trinajstić information content (AvgIpc) is 3.59. The van der Waals surface area contributed by atoms with Gasteiger partial charge in [0, 0.05) is 0 Å². The summed E-state index contributed by atoms with van der Waals surface area (Å²) in [6.45, 7) is -0.0641. The highest BCUT2D eigenvalue weighted by Gasteiger charge is 2.47. The molecular weight excluding hydrogens is 538 g/mol. The fourth-order valence-electron chi connectivity index (χ4n) is 5.43. The third kappa shape index (κ3) is 4.72. The van der Waals surface area contributed by atoms with E-state index in [-0.39, 0.29) is 12.4 Å². The summed E-state index contributed by atoms with van der Waals surface area (Å²) < 4.78 is 25.4. The van der Waals surface area contributed by atoms with Gasteiger partial charge in [-0.15, -0.1) is 0 Å². The van der Waals surface area contributed by atoms with Crippen LogP contribution in [-0.2, 0) is 15.1 Å². The summed E-state index contributed by atoms with van der Waals surface area (Å²) in [6, 6.07) is 25.1. The van der Waals surface area contributed by atoms with Gasteiger partial charge in [0.2, 0.25) is 0 Å². The second-order valence-electron chi connectivity index (χ2n) is 9.94. The fourth-order valence-corrected chi connectivity index (χ4v) is 5.43. The van der Waals surface area contributed by atoms with E-state index in [2.05, 4.69) is 15.0 Å². The summed E-state index contributed by atoms with van der Waals surface area (Å²) in [5.74, 6) is 1.61. The molecule has 4 unspecified atom stereocenters. The predicted molar refractivity (Wildman–Crippen MR) is 154 cm³/mol. The number of aromatic nitrogens is 4. The van der Waals surface area contributed by atoms with Crippen molar-refractivity contribution in [2.45, 2.75) is 30.1 Å². The van der Waals surface area contributed by atoms with Gasteiger partial charge in [0.05, 0.1) is 27.2 Å². The molecule has 3 heterocycles. The number of hydrogen-bond acceptors (Lipinski definition) is 10. The first-order valence-corrected chi connectivity index (χ1v) is 13.4. The number of aliphatic hydroxyl groups excluding tert-OH is 2. The molecule has 11 nitrogen and oxygen atoms in total. The number of benzene rings is 3. The quantitative estimate of drug-likeness (QED) is 0.226. The molecule has 0 aliphatic carbocycles. The van der Waals surface area contributed by atoms with Crippen molar-refractivity contribution in [3.05, 3.63) is 108 Å². The summed E-state index contributed by atoms with van der Waals surface area (Å²) in [6.07, 6.45) is -1.62. The Labute approximate surface area is 242 Å². The van der Waals surface area contributed by atoms with Gasteiger partial charge in [-0.2, -0.15) is 0 Å². The SMILES string of the molecule is COc1ccc(C(OCC2OC(n3cnc4c(N)ncnc43)C(O)C2O)(c2ccccc2)c2ccc(OC)cc2)cc1. The summed E-state index contributed by atoms with van der Waals surface area (Å²) in [5.41, 5.74) is 8.11. The third-order valence-corrected chi connectivity index (χ3v) is 7.64. The van der Waals surface area contributed by atoms with Crippen molar-refractivity contribution in [1.82, 2.24) is 19.5 Å². The summed E-state index contributed by atoms with van der Waals surface area (Å²) in [4.78, 5) is 12.5. The predicted octanol–water partition coefficient (Wildman–Crippen LogP) is 3.05. The topological polar surface area (TPSA) is 147 Å². The minimum Gasteiger partial charge on any atom is -0.497 e. The monoisotopic (exact) mass is 569 g/mol. The van der Waals surface area contributed by atoms with Gasteiger partial charge in [0.1, 0.15) is 47.3 Å². The summed E-state index contributed by atoms with van der Waals surface area (Å²) in [5, 5.41) is 22.2. The van der Waals surface area contributed by atoms with Crippen LogP contribution in [0.25, 0.3) is 11.2 Å². The van der Waals surface area contributed by atoms with Crippen LogP contribution in [0.4, 0.5) is 5.82 Å². The molecule has 5 aromatic rings. The Morgan fingerprint density at radius 2 is 1.40 bits per heavy atom. The number of hydrogen-bond donors (Lipinski definition) is 3. The van der Waals surface area contributed by atoms with Crippen LogP contribution < -0.4 is 15.2 Å². The first-order valence-electron chi connectivity index (χ1n) is 13.4. The molecule has 3 aromatic carbocycles. The number of methoxy groups -OCH3 is 2. The third-order valence-electron chi connectivity index (χ3n) is 7.64. The molecule has 2 aromatic heterocycles. The standard InChI is InChI=1S/C31H31N5O6/c1-39-22-12-8-20(9-13-22)31(19-6-4-3-5-7-19,21-10-14-23(40-2)15-11-21)41-16-24-26(37)27(38)30(42-24)36-18-35-25-28(32)33-17-34-29(25)36/h3-15,17-18,24,26-27,30,37-38H,16H2,1-2H3,(H2,32,33,34). The van der Waals surface area contributed by atoms with Gasteiger partial charge in [-0.05, 0) is 41.0 Å². The van der Waals surface area contributed by atoms with Gasteiger partial charge >= 0.3 is 0 Å². The maximum atomic E-state index is 11.1. The van der Waals surface area contributed by atoms with Crippen molar-refractivity contribution < 1.29 is 29.2 Å². The van der Waals surface area contributed by atoms with Gasteiger partial charge in [0.25, 0.3) is 0 Å². The second-order valence-corrected chi connectivity index (χ2v) is 9.94. The van der Waals surface area contributed by atoms with E-state index in [4.69, 9.17) is 24.7 Å². The normalized spacial score (nSPS) is 20.6. The van der Waals surface area contributed by atoms with Crippen LogP contribution >= 0.6 is 0 Å². The zero-order valence-corrected chi connectivity index (χ0v) is 23.1. The van der Waals surface area contributed by atoms with Gasteiger partial charge < -0.3 is 34.9 Å². The van der Waals surface area contributed by atoms with Crippen LogP contribution in [0.2, 0.25) is 0 Å². The van der Waals surface area contributed by atoms with E-state index in [1.165, 1.54) is 12.7 Å². The van der Waals surface area contributed by atoms with E-state index in [0.717, 1.165) is 16.7 Å². The number of rotatable bonds is 9. The Balaban J connectivity index is 1.39. The van der Waals surface area contributed by atoms with Crippen LogP contribution in [-0.4, -0.2) is 68.9 Å². The molecule has 4 atom stereocenters. The second kappa shape index (κ2) is 11.4. The molecule has 6 rings (SSSR count). The first-order chi connectivity index (χ1) is 20.5. The molecule has 1 saturated heterocycles. The van der Waals surface area contributed by atoms with Gasteiger partial charge in [-0.1, -0.05) is 54.6 Å². The van der Waals surface area contributed by atoms with E-state index in [1.807, 2.05) is 78.9 Å². The van der Waals surface area contributed by atoms with Crippen molar-refractivity contribution in [2.24, 2.45) is 0 Å². The van der Waals surface area contributed by atoms with E-state index < -0.39 is 30.1 Å². The van der Waals surface area contributed by atoms with Crippen LogP contribution in [0.1, 0.15) is 22.9 Å². The Morgan fingerprint density at radius 1 is 0.810 bits per heavy atom. The fraction of sp³-hybridized carbons (Fsp3) is 0.258. The largest absolute Gasteiger partial charge is 0.497 e. The van der Waals surface area contributed by atoms with Crippen molar-refractivity contribution in [1.29, 1.82) is 0 Å². The molecule has 42 heavy (non-hydrogen) atoms. The molecule has 0 bridgehead atoms. The molecule has 1 aliphatic rings. The lowest BCUT2D eigenvalue weighted by Crippen LogP contribution is -2.39. The lowest BCUT2D eigenvalue weighted by atomic mass is 9.80. The number of nitrogens with two attached hydrogens (primary N) is 1. The lowest BCUT2D eigenvalue weighted by molar-refractivity contribution is -0.0942. The lowest BCUT2D eigenvalue weighted by Gasteiger charge is -2.37. The minimum atomic E-state index is -1.28. The Hall–Kier alpha value is -4.55. The highest BCUT2D eigenvalue weighted by Crippen LogP contribution is 2.43. The van der Waals surface area contributed by atoms with Crippen LogP contribution in [0, 0.1) is 0 Å². The Morgan fingerprint density at radius 3 is 2.00 bits per heavy atom. The molecule has 1 aliphatic heterocycles. The number of nitrogen functional groups attached to an aromatic ring is 1. The molecule has 0 amide bonds. The number of nitrogens with zero attached hydrogens (tertiary/aromatic N) is 4. The molecule has 216 valence electrons. The van der Waals surface area contributed by atoms with Crippen LogP contribution in [0.3, 0.4) is 0 Å². The molecule has 0 saturated carbocycles. The average molecular weight is 570 g/mol. The van der Waals surface area contributed by atoms with Gasteiger partial charge in [0.15, 0.2) is 17.7 Å². The van der Waals surface area contributed by atoms with Gasteiger partial charge in [-0.3, -0.25) is 4.57 Å². The van der Waals surface area contributed by atoms with Crippen LogP contribution in [0.5, 0.6) is 11.5 Å². The van der Waals surface area contributed by atoms with Crippen molar-refractivity contribution in [3.63, 3.8) is 0 Å². The molecule has 0 radical (unpaired) electrons. The molecule has 4 N–H and O–H groups in total. The molecule has 0 spiro atoms. The van der Waals surface area contributed by atoms with Crippen molar-refractivity contribution in [3.8, 4) is 11.5 Å². The highest BCUT2D eigenvalue weighted by atomic mass is 16.6. The Bertz CT molecular complexity index is 1600. The van der Waals surface area contributed by atoms with Crippen molar-refractivity contribution in [2.75, 3.05) is 26.6 Å². The van der Waals surface area contributed by atoms with E-state index >= 15 is 0 Å². The first kappa shape index (κ1) is 27.6. The molecule has 11 heteroatoms. The minimum absolute atomic E-state index is 0.0641.